The number of aromatic amines is 1. The first-order valence-electron chi connectivity index (χ1n) is 25.4. The van der Waals surface area contributed by atoms with Crippen molar-refractivity contribution in [3.63, 3.8) is 0 Å². The summed E-state index contributed by atoms with van der Waals surface area (Å²) in [4.78, 5) is 84.8. The number of carbonyl (C=O) groups is 4. The van der Waals surface area contributed by atoms with E-state index in [2.05, 4.69) is 56.5 Å². The smallest absolute Gasteiger partial charge is 0.318 e. The minimum absolute atomic E-state index is 0.0162. The number of ether oxygens (including phenoxy) is 7. The van der Waals surface area contributed by atoms with Crippen LogP contribution in [0.5, 0.6) is 23.4 Å². The maximum absolute atomic E-state index is 12.9. The Balaban J connectivity index is 0.748. The van der Waals surface area contributed by atoms with Crippen LogP contribution in [0.1, 0.15) is 72.9 Å². The van der Waals surface area contributed by atoms with Crippen molar-refractivity contribution in [1.82, 2.24) is 56.5 Å². The van der Waals surface area contributed by atoms with E-state index in [9.17, 15) is 29.3 Å². The number of imidazole rings is 1. The van der Waals surface area contributed by atoms with Crippen LogP contribution in [0.25, 0.3) is 11.2 Å². The van der Waals surface area contributed by atoms with Crippen molar-refractivity contribution in [3.8, 4) is 23.4 Å². The summed E-state index contributed by atoms with van der Waals surface area (Å²) in [5, 5.41) is 26.1. The topological polar surface area (TPSA) is 368 Å². The van der Waals surface area contributed by atoms with Crippen LogP contribution in [0.3, 0.4) is 0 Å². The molecule has 3 aromatic carbocycles. The van der Waals surface area contributed by atoms with Crippen LogP contribution in [0.2, 0.25) is 0 Å². The zero-order valence-electron chi connectivity index (χ0n) is 44.0. The molecule has 0 aliphatic heterocycles. The summed E-state index contributed by atoms with van der Waals surface area (Å²) in [7, 11) is 1.39. The zero-order valence-corrected chi connectivity index (χ0v) is 44.0. The average molecular weight is 1100 g/mol. The van der Waals surface area contributed by atoms with Crippen LogP contribution in [0.4, 0.5) is 22.2 Å². The van der Waals surface area contributed by atoms with Gasteiger partial charge in [-0.2, -0.15) is 15.0 Å². The van der Waals surface area contributed by atoms with Gasteiger partial charge in [-0.05, 0) is 54.2 Å². The number of aromatic nitrogens is 6. The van der Waals surface area contributed by atoms with E-state index in [4.69, 9.17) is 44.6 Å². The number of nitro benzene ring substituents is 1. The van der Waals surface area contributed by atoms with Gasteiger partial charge in [0.25, 0.3) is 5.69 Å². The lowest BCUT2D eigenvalue weighted by Crippen LogP contribution is -2.37. The molecule has 6 aromatic rings. The van der Waals surface area contributed by atoms with E-state index in [1.165, 1.54) is 31.8 Å². The van der Waals surface area contributed by atoms with E-state index in [0.717, 1.165) is 22.3 Å². The third-order valence-electron chi connectivity index (χ3n) is 11.5. The molecule has 27 nitrogen and oxygen atoms in total. The Morgan fingerprint density at radius 2 is 1.27 bits per heavy atom. The van der Waals surface area contributed by atoms with Crippen LogP contribution < -0.4 is 57.0 Å². The Labute approximate surface area is 454 Å². The Morgan fingerprint density at radius 3 is 1.94 bits per heavy atom. The van der Waals surface area contributed by atoms with Crippen molar-refractivity contribution in [3.05, 3.63) is 117 Å². The second kappa shape index (κ2) is 31.9. The Morgan fingerprint density at radius 1 is 0.658 bits per heavy atom. The molecule has 1 unspecified atom stereocenters. The van der Waals surface area contributed by atoms with Gasteiger partial charge in [0.15, 0.2) is 17.1 Å². The number of H-pyrrole nitrogens is 1. The number of carbonyl (C=O) groups excluding carboxylic acids is 4. The normalized spacial score (nSPS) is 11.3. The van der Waals surface area contributed by atoms with E-state index >= 15 is 0 Å². The van der Waals surface area contributed by atoms with Gasteiger partial charge in [0.1, 0.15) is 24.5 Å². The number of hydrogen-bond acceptors (Lipinski definition) is 20. The number of nitrogens with one attached hydrogen (secondary N) is 6. The van der Waals surface area contributed by atoms with Crippen LogP contribution >= 0.6 is 0 Å². The Bertz CT molecular complexity index is 2910. The number of nitrogens with zero attached hydrogens (tertiary/aromatic N) is 6. The van der Waals surface area contributed by atoms with Gasteiger partial charge in [-0.15, -0.1) is 0 Å². The van der Waals surface area contributed by atoms with Crippen molar-refractivity contribution >= 4 is 52.4 Å². The SMILES string of the molecule is COc1cc(C(C)NC(=O)CCCC(=O)NCc2ccc(COc3nc(N)nc4nc[nH]c34)cc2)c([N+](=O)[O-])cc1OCCCC(=O)NCCOCCOCCOCCNC(=O)NCc1ccc(COc2nccc(N)n2)cc1. The molecule has 0 saturated heterocycles. The number of anilines is 2. The van der Waals surface area contributed by atoms with Gasteiger partial charge in [-0.1, -0.05) is 48.5 Å². The van der Waals surface area contributed by atoms with Crippen LogP contribution in [-0.2, 0) is 54.9 Å². The van der Waals surface area contributed by atoms with Gasteiger partial charge in [0.2, 0.25) is 29.5 Å². The zero-order chi connectivity index (χ0) is 56.2. The summed E-state index contributed by atoms with van der Waals surface area (Å²) in [6.07, 6.45) is 3.82. The fraction of sp³-hybridized carbons (Fsp3) is 0.404. The number of amides is 5. The second-order valence-corrected chi connectivity index (χ2v) is 17.4. The Hall–Kier alpha value is -8.95. The lowest BCUT2D eigenvalue weighted by atomic mass is 10.0. The fourth-order valence-electron chi connectivity index (χ4n) is 7.38. The van der Waals surface area contributed by atoms with Crippen molar-refractivity contribution in [2.45, 2.75) is 71.4 Å². The third-order valence-corrected chi connectivity index (χ3v) is 11.5. The van der Waals surface area contributed by atoms with Crippen LogP contribution in [0.15, 0.2) is 79.3 Å². The fourth-order valence-corrected chi connectivity index (χ4v) is 7.38. The highest BCUT2D eigenvalue weighted by Crippen LogP contribution is 2.38. The van der Waals surface area contributed by atoms with E-state index in [1.807, 2.05) is 48.5 Å². The molecule has 5 amide bonds. The maximum atomic E-state index is 12.9. The van der Waals surface area contributed by atoms with Crippen LogP contribution in [0, 0.1) is 10.1 Å². The molecule has 10 N–H and O–H groups in total. The molecular weight excluding hydrogens is 1030 g/mol. The molecule has 0 fully saturated rings. The standard InChI is InChI=1S/C52H66N14O13/c1-34(62-46(69)6-3-5-45(68)58-29-35-8-12-37(13-9-35)31-78-49-47-48(61-33-60-47)64-50(54)65-49)39-27-41(73-2)42(28-40(39)66(71)72)77-20-4-7-44(67)55-18-21-74-23-25-76-26-24-75-22-19-56-51(70)59-30-36-10-14-38(15-11-36)32-79-52-57-17-16-43(53)63-52/h8-17,27-28,33-34H,3-7,18-26,29-32H2,1-2H3,(H,55,67)(H,58,68)(H,62,69)(H2,53,57,63)(H2,56,59,70)(H3,54,60,61,64,65). The number of hydrogen-bond donors (Lipinski definition) is 8. The number of methoxy groups -OCH3 is 1. The highest BCUT2D eigenvalue weighted by Gasteiger charge is 2.25. The summed E-state index contributed by atoms with van der Waals surface area (Å²) in [6.45, 7) is 5.33. The molecule has 0 aliphatic rings. The van der Waals surface area contributed by atoms with Crippen molar-refractivity contribution < 1.29 is 57.3 Å². The molecule has 0 radical (unpaired) electrons. The van der Waals surface area contributed by atoms with E-state index in [-0.39, 0.29) is 130 Å². The summed E-state index contributed by atoms with van der Waals surface area (Å²) in [6, 6.07) is 18.4. The average Bonchev–Trinajstić information content (AvgIpc) is 3.96. The molecule has 79 heavy (non-hydrogen) atoms. The molecular formula is C52H66N14O13. The molecule has 0 saturated carbocycles. The van der Waals surface area contributed by atoms with Gasteiger partial charge >= 0.3 is 12.0 Å². The lowest BCUT2D eigenvalue weighted by molar-refractivity contribution is -0.385. The lowest BCUT2D eigenvalue weighted by Gasteiger charge is -2.18. The first-order valence-corrected chi connectivity index (χ1v) is 25.4. The second-order valence-electron chi connectivity index (χ2n) is 17.4. The van der Waals surface area contributed by atoms with Gasteiger partial charge < -0.3 is 76.2 Å². The van der Waals surface area contributed by atoms with Gasteiger partial charge in [-0.3, -0.25) is 24.5 Å². The molecule has 3 aromatic heterocycles. The summed E-state index contributed by atoms with van der Waals surface area (Å²) >= 11 is 0. The number of rotatable bonds is 35. The van der Waals surface area contributed by atoms with Crippen molar-refractivity contribution in [1.29, 1.82) is 0 Å². The quantitative estimate of drug-likeness (QED) is 0.0159. The first-order chi connectivity index (χ1) is 38.3. The van der Waals surface area contributed by atoms with Crippen molar-refractivity contribution in [2.24, 2.45) is 0 Å². The monoisotopic (exact) mass is 1090 g/mol. The molecule has 6 rings (SSSR count). The summed E-state index contributed by atoms with van der Waals surface area (Å²) < 4.78 is 39.1. The van der Waals surface area contributed by atoms with Gasteiger partial charge in [0, 0.05) is 51.6 Å². The predicted octanol–water partition coefficient (Wildman–Crippen LogP) is 3.87. The summed E-state index contributed by atoms with van der Waals surface area (Å²) in [5.74, 6) is 0.137. The first kappa shape index (κ1) is 59.3. The van der Waals surface area contributed by atoms with Gasteiger partial charge in [-0.25, -0.2) is 14.8 Å². The highest BCUT2D eigenvalue weighted by atomic mass is 16.6. The molecule has 422 valence electrons. The molecule has 0 bridgehead atoms. The van der Waals surface area contributed by atoms with E-state index in [1.54, 1.807) is 13.0 Å². The number of urea groups is 1. The molecule has 3 heterocycles. The maximum Gasteiger partial charge on any atom is 0.318 e. The molecule has 1 atom stereocenters. The Kier molecular flexibility index (Phi) is 24.0. The number of nitro groups is 1. The highest BCUT2D eigenvalue weighted by molar-refractivity contribution is 5.79. The minimum atomic E-state index is -0.777. The predicted molar refractivity (Wildman–Crippen MR) is 286 cm³/mol. The van der Waals surface area contributed by atoms with E-state index < -0.39 is 11.0 Å². The number of fused-ring (bicyclic) bond motifs is 1. The molecule has 27 heteroatoms. The van der Waals surface area contributed by atoms with Crippen LogP contribution in [-0.4, -0.2) is 125 Å². The summed E-state index contributed by atoms with van der Waals surface area (Å²) in [5.41, 5.74) is 15.8. The third kappa shape index (κ3) is 20.8. The van der Waals surface area contributed by atoms with Gasteiger partial charge in [0.05, 0.1) is 82.3 Å². The molecule has 0 spiro atoms. The molecule has 0 aliphatic carbocycles. The largest absolute Gasteiger partial charge is 0.493 e. The minimum Gasteiger partial charge on any atom is -0.493 e. The number of benzene rings is 3. The number of nitrogen functional groups attached to an aromatic ring is 2. The number of nitrogens with two attached hydrogens (primary N) is 2. The van der Waals surface area contributed by atoms with E-state index in [0.29, 0.717) is 69.5 Å². The van der Waals surface area contributed by atoms with Crippen molar-refractivity contribution in [2.75, 3.05) is 77.9 Å².